The number of anilines is 2. The molecule has 2 N–H and O–H groups in total. The molecule has 43 heavy (non-hydrogen) atoms. The lowest BCUT2D eigenvalue weighted by Gasteiger charge is -2.31. The monoisotopic (exact) mass is 610 g/mol. The number of rotatable bonds is 8. The summed E-state index contributed by atoms with van der Waals surface area (Å²) < 4.78 is 43.5. The van der Waals surface area contributed by atoms with Crippen LogP contribution in [0.15, 0.2) is 56.1 Å². The predicted molar refractivity (Wildman–Crippen MR) is 169 cm³/mol. The van der Waals surface area contributed by atoms with Gasteiger partial charge in [0, 0.05) is 23.3 Å². The SMILES string of the molecule is C=NC(=NC1CCC(N(C)C)CC1)Nc1c(C)nc(-c2ccc(NS(=O)(=O)c3ccccc3F)nc2C)c(=O)n1C(C)C. The Morgan fingerprint density at radius 3 is 2.33 bits per heavy atom. The van der Waals surface area contributed by atoms with E-state index in [2.05, 4.69) is 50.7 Å². The highest BCUT2D eigenvalue weighted by molar-refractivity contribution is 7.92. The zero-order chi connectivity index (χ0) is 31.5. The highest BCUT2D eigenvalue weighted by Crippen LogP contribution is 2.27. The van der Waals surface area contributed by atoms with E-state index < -0.39 is 20.7 Å². The number of hydrogen-bond donors (Lipinski definition) is 2. The van der Waals surface area contributed by atoms with Crippen LogP contribution in [0.4, 0.5) is 16.0 Å². The van der Waals surface area contributed by atoms with Crippen LogP contribution in [0.3, 0.4) is 0 Å². The molecule has 11 nitrogen and oxygen atoms in total. The summed E-state index contributed by atoms with van der Waals surface area (Å²) in [6.07, 6.45) is 3.98. The van der Waals surface area contributed by atoms with Crippen LogP contribution in [-0.2, 0) is 10.0 Å². The first-order valence-corrected chi connectivity index (χ1v) is 15.7. The molecule has 1 saturated carbocycles. The number of hydrogen-bond acceptors (Lipinski definition) is 7. The lowest BCUT2D eigenvalue weighted by molar-refractivity contribution is 0.217. The number of guanidine groups is 1. The summed E-state index contributed by atoms with van der Waals surface area (Å²) in [4.78, 5) is 33.5. The van der Waals surface area contributed by atoms with Crippen LogP contribution in [0.1, 0.15) is 57.0 Å². The van der Waals surface area contributed by atoms with Gasteiger partial charge >= 0.3 is 0 Å². The lowest BCUT2D eigenvalue weighted by atomic mass is 9.91. The Bertz CT molecular complexity index is 1690. The van der Waals surface area contributed by atoms with Crippen molar-refractivity contribution in [2.75, 3.05) is 24.1 Å². The van der Waals surface area contributed by atoms with Gasteiger partial charge in [0.1, 0.15) is 28.0 Å². The average molecular weight is 611 g/mol. The van der Waals surface area contributed by atoms with Gasteiger partial charge in [-0.1, -0.05) is 12.1 Å². The lowest BCUT2D eigenvalue weighted by Crippen LogP contribution is -2.34. The van der Waals surface area contributed by atoms with E-state index in [1.165, 1.54) is 24.3 Å². The van der Waals surface area contributed by atoms with E-state index in [0.29, 0.717) is 34.8 Å². The number of aromatic nitrogens is 3. The molecule has 1 aliphatic carbocycles. The van der Waals surface area contributed by atoms with Gasteiger partial charge in [-0.3, -0.25) is 14.1 Å². The van der Waals surface area contributed by atoms with Crippen molar-refractivity contribution in [3.63, 3.8) is 0 Å². The third-order valence-corrected chi connectivity index (χ3v) is 8.98. The second-order valence-electron chi connectivity index (χ2n) is 11.2. The summed E-state index contributed by atoms with van der Waals surface area (Å²) in [6.45, 7) is 10.9. The zero-order valence-electron chi connectivity index (χ0n) is 25.4. The van der Waals surface area contributed by atoms with Crippen LogP contribution < -0.4 is 15.6 Å². The van der Waals surface area contributed by atoms with Gasteiger partial charge in [0.25, 0.3) is 15.6 Å². The van der Waals surface area contributed by atoms with E-state index in [0.717, 1.165) is 31.7 Å². The molecule has 0 amide bonds. The molecule has 3 aromatic rings. The van der Waals surface area contributed by atoms with E-state index in [4.69, 9.17) is 4.99 Å². The third kappa shape index (κ3) is 7.16. The second-order valence-corrected chi connectivity index (χ2v) is 12.8. The van der Waals surface area contributed by atoms with Gasteiger partial charge in [-0.2, -0.15) is 0 Å². The smallest absolute Gasteiger partial charge is 0.278 e. The van der Waals surface area contributed by atoms with Crippen LogP contribution in [0.25, 0.3) is 11.3 Å². The molecule has 0 atom stereocenters. The molecular weight excluding hydrogens is 571 g/mol. The molecule has 1 aliphatic rings. The van der Waals surface area contributed by atoms with Crippen molar-refractivity contribution in [2.24, 2.45) is 9.98 Å². The quantitative estimate of drug-likeness (QED) is 0.277. The Morgan fingerprint density at radius 2 is 1.74 bits per heavy atom. The summed E-state index contributed by atoms with van der Waals surface area (Å²) in [5.74, 6) is -0.0791. The molecular formula is C30H39FN8O3S. The van der Waals surface area contributed by atoms with E-state index in [9.17, 15) is 17.6 Å². The Balaban J connectivity index is 1.64. The molecule has 2 aromatic heterocycles. The van der Waals surface area contributed by atoms with Crippen LogP contribution in [0.2, 0.25) is 0 Å². The van der Waals surface area contributed by atoms with Crippen molar-refractivity contribution >= 4 is 34.3 Å². The number of halogens is 1. The number of pyridine rings is 1. The van der Waals surface area contributed by atoms with Crippen molar-refractivity contribution in [3.8, 4) is 11.3 Å². The molecule has 4 rings (SSSR count). The summed E-state index contributed by atoms with van der Waals surface area (Å²) in [6, 6.07) is 8.49. The van der Waals surface area contributed by atoms with E-state index in [-0.39, 0.29) is 29.2 Å². The zero-order valence-corrected chi connectivity index (χ0v) is 26.2. The molecule has 0 aliphatic heterocycles. The van der Waals surface area contributed by atoms with E-state index in [1.807, 2.05) is 13.8 Å². The van der Waals surface area contributed by atoms with Crippen LogP contribution in [-0.4, -0.2) is 66.7 Å². The number of aryl methyl sites for hydroxylation is 2. The number of benzene rings is 1. The maximum Gasteiger partial charge on any atom is 0.278 e. The topological polar surface area (TPSA) is 134 Å². The maximum atomic E-state index is 14.1. The van der Waals surface area contributed by atoms with Gasteiger partial charge in [0.2, 0.25) is 5.96 Å². The fraction of sp³-hybridized carbons (Fsp3) is 0.433. The van der Waals surface area contributed by atoms with Gasteiger partial charge in [-0.15, -0.1) is 0 Å². The fourth-order valence-corrected chi connectivity index (χ4v) is 6.38. The molecule has 0 radical (unpaired) electrons. The molecule has 230 valence electrons. The maximum absolute atomic E-state index is 14.1. The first-order valence-electron chi connectivity index (χ1n) is 14.2. The predicted octanol–water partition coefficient (Wildman–Crippen LogP) is 4.78. The first-order chi connectivity index (χ1) is 20.3. The Hall–Kier alpha value is -3.97. The van der Waals surface area contributed by atoms with Gasteiger partial charge < -0.3 is 10.2 Å². The van der Waals surface area contributed by atoms with E-state index >= 15 is 0 Å². The van der Waals surface area contributed by atoms with Crippen LogP contribution in [0.5, 0.6) is 0 Å². The average Bonchev–Trinajstić information content (AvgIpc) is 2.94. The summed E-state index contributed by atoms with van der Waals surface area (Å²) in [5.41, 5.74) is 1.16. The molecule has 1 aromatic carbocycles. The van der Waals surface area contributed by atoms with Crippen LogP contribution >= 0.6 is 0 Å². The number of aliphatic imine (C=N–C) groups is 2. The molecule has 0 unspecified atom stereocenters. The number of nitrogens with one attached hydrogen (secondary N) is 2. The fourth-order valence-electron chi connectivity index (χ4n) is 5.30. The first kappa shape index (κ1) is 32.0. The van der Waals surface area contributed by atoms with Crippen molar-refractivity contribution in [1.82, 2.24) is 19.4 Å². The normalized spacial score (nSPS) is 17.7. The van der Waals surface area contributed by atoms with Gasteiger partial charge in [-0.25, -0.2) is 32.8 Å². The van der Waals surface area contributed by atoms with E-state index in [1.54, 1.807) is 24.5 Å². The van der Waals surface area contributed by atoms with Crippen molar-refractivity contribution in [2.45, 2.75) is 76.4 Å². The van der Waals surface area contributed by atoms with Crippen LogP contribution in [0, 0.1) is 19.7 Å². The van der Waals surface area contributed by atoms with Gasteiger partial charge in [-0.05, 0) is 98.5 Å². The minimum Gasteiger partial charge on any atom is -0.309 e. The minimum absolute atomic E-state index is 0.0128. The Kier molecular flexibility index (Phi) is 9.75. The number of nitrogens with zero attached hydrogens (tertiary/aromatic N) is 6. The Morgan fingerprint density at radius 1 is 1.07 bits per heavy atom. The second kappa shape index (κ2) is 13.1. The molecule has 0 saturated heterocycles. The summed E-state index contributed by atoms with van der Waals surface area (Å²) in [5, 5.41) is 3.21. The molecule has 1 fully saturated rings. The summed E-state index contributed by atoms with van der Waals surface area (Å²) >= 11 is 0. The number of sulfonamides is 1. The minimum atomic E-state index is -4.21. The highest BCUT2D eigenvalue weighted by atomic mass is 32.2. The molecule has 0 bridgehead atoms. The molecule has 13 heteroatoms. The largest absolute Gasteiger partial charge is 0.309 e. The van der Waals surface area contributed by atoms with Crippen molar-refractivity contribution < 1.29 is 12.8 Å². The molecule has 0 spiro atoms. The van der Waals surface area contributed by atoms with Crippen molar-refractivity contribution in [3.05, 3.63) is 64.0 Å². The van der Waals surface area contributed by atoms with Gasteiger partial charge in [0.15, 0.2) is 0 Å². The Labute approximate surface area is 252 Å². The third-order valence-electron chi connectivity index (χ3n) is 7.59. The standard InChI is InChI=1S/C30H39FN8O3S/c1-18(2)39-28(36-30(32-5)35-21-12-14-22(15-13-21)38(6)7)20(4)34-27(29(39)40)23-16-17-26(33-19(23)3)37-43(41,42)25-11-9-8-10-24(25)31/h8-11,16-18,21-22H,5,12-15H2,1-4,6-7H3,(H,33,37)(H,35,36). The van der Waals surface area contributed by atoms with Crippen molar-refractivity contribution in [1.29, 1.82) is 0 Å². The van der Waals surface area contributed by atoms with Gasteiger partial charge in [0.05, 0.1) is 11.7 Å². The molecule has 2 heterocycles. The highest BCUT2D eigenvalue weighted by Gasteiger charge is 2.25. The summed E-state index contributed by atoms with van der Waals surface area (Å²) in [7, 11) is -0.0211.